The van der Waals surface area contributed by atoms with Gasteiger partial charge in [0.05, 0.1) is 5.69 Å². The van der Waals surface area contributed by atoms with Crippen LogP contribution in [0.15, 0.2) is 30.6 Å². The van der Waals surface area contributed by atoms with Gasteiger partial charge in [-0.05, 0) is 31.2 Å². The maximum Gasteiger partial charge on any atom is 0.573 e. The van der Waals surface area contributed by atoms with Crippen molar-refractivity contribution in [2.75, 3.05) is 0 Å². The Labute approximate surface area is 121 Å². The topological polar surface area (TPSA) is 86.5 Å². The first-order chi connectivity index (χ1) is 10.2. The number of rotatable bonds is 5. The van der Waals surface area contributed by atoms with E-state index in [1.54, 1.807) is 0 Å². The van der Waals surface area contributed by atoms with Gasteiger partial charge in [-0.25, -0.2) is 9.48 Å². The predicted octanol–water partition coefficient (Wildman–Crippen LogP) is 2.02. The minimum atomic E-state index is -4.76. The molecule has 7 nitrogen and oxygen atoms in total. The molecule has 1 heterocycles. The van der Waals surface area contributed by atoms with Crippen LogP contribution in [0, 0.1) is 0 Å². The van der Waals surface area contributed by atoms with E-state index in [4.69, 9.17) is 9.84 Å². The number of carboxylic acid groups (broad SMARTS) is 1. The van der Waals surface area contributed by atoms with Crippen LogP contribution in [0.5, 0.6) is 11.8 Å². The van der Waals surface area contributed by atoms with Gasteiger partial charge in [0.1, 0.15) is 12.1 Å². The zero-order chi connectivity index (χ0) is 16.3. The van der Waals surface area contributed by atoms with E-state index in [2.05, 4.69) is 14.8 Å². The first-order valence-corrected chi connectivity index (χ1v) is 5.92. The number of carboxylic acids is 1. The molecule has 0 aliphatic rings. The highest BCUT2D eigenvalue weighted by atomic mass is 19.4. The fourth-order valence-electron chi connectivity index (χ4n) is 1.44. The van der Waals surface area contributed by atoms with Crippen molar-refractivity contribution in [3.05, 3.63) is 30.6 Å². The number of aliphatic carboxylic acids is 1. The molecule has 0 saturated carbocycles. The maximum absolute atomic E-state index is 12.0. The summed E-state index contributed by atoms with van der Waals surface area (Å²) in [7, 11) is 0. The number of halogens is 3. The van der Waals surface area contributed by atoms with Gasteiger partial charge in [-0.3, -0.25) is 0 Å². The summed E-state index contributed by atoms with van der Waals surface area (Å²) < 4.78 is 46.0. The largest absolute Gasteiger partial charge is 0.573 e. The number of hydrogen-bond donors (Lipinski definition) is 1. The van der Waals surface area contributed by atoms with E-state index in [-0.39, 0.29) is 11.8 Å². The van der Waals surface area contributed by atoms with Crippen LogP contribution in [-0.4, -0.2) is 38.3 Å². The van der Waals surface area contributed by atoms with Crippen LogP contribution in [0.25, 0.3) is 5.69 Å². The minimum Gasteiger partial charge on any atom is -0.479 e. The molecular weight excluding hydrogens is 307 g/mol. The fraction of sp³-hybridized carbons (Fsp3) is 0.250. The van der Waals surface area contributed by atoms with Crippen LogP contribution in [-0.2, 0) is 4.79 Å². The SMILES string of the molecule is CC(Oc1ncn(-c2ccc(OC(F)(F)F)cc2)n1)C(=O)O. The van der Waals surface area contributed by atoms with Gasteiger partial charge in [-0.15, -0.1) is 18.3 Å². The molecule has 10 heteroatoms. The highest BCUT2D eigenvalue weighted by Crippen LogP contribution is 2.23. The molecule has 2 rings (SSSR count). The third-order valence-corrected chi connectivity index (χ3v) is 2.44. The lowest BCUT2D eigenvalue weighted by molar-refractivity contribution is -0.274. The Morgan fingerprint density at radius 1 is 1.32 bits per heavy atom. The van der Waals surface area contributed by atoms with E-state index in [9.17, 15) is 18.0 Å². The Bertz CT molecular complexity index is 654. The third kappa shape index (κ3) is 4.11. The smallest absolute Gasteiger partial charge is 0.479 e. The first kappa shape index (κ1) is 15.6. The second-order valence-corrected chi connectivity index (χ2v) is 4.11. The molecule has 1 N–H and O–H groups in total. The van der Waals surface area contributed by atoms with Gasteiger partial charge in [0.15, 0.2) is 6.10 Å². The minimum absolute atomic E-state index is 0.162. The molecule has 0 amide bonds. The molecule has 22 heavy (non-hydrogen) atoms. The van der Waals surface area contributed by atoms with Crippen molar-refractivity contribution < 1.29 is 32.5 Å². The van der Waals surface area contributed by atoms with E-state index in [1.165, 1.54) is 30.1 Å². The van der Waals surface area contributed by atoms with Crippen molar-refractivity contribution in [3.63, 3.8) is 0 Å². The van der Waals surface area contributed by atoms with Crippen molar-refractivity contribution in [2.45, 2.75) is 19.4 Å². The molecule has 0 spiro atoms. The number of nitrogens with zero attached hydrogens (tertiary/aromatic N) is 3. The highest BCUT2D eigenvalue weighted by molar-refractivity contribution is 5.72. The average molecular weight is 317 g/mol. The monoisotopic (exact) mass is 317 g/mol. The summed E-state index contributed by atoms with van der Waals surface area (Å²) in [6.45, 7) is 1.31. The number of hydrogen-bond acceptors (Lipinski definition) is 5. The predicted molar refractivity (Wildman–Crippen MR) is 65.8 cm³/mol. The number of ether oxygens (including phenoxy) is 2. The number of carbonyl (C=O) groups is 1. The van der Waals surface area contributed by atoms with Gasteiger partial charge in [-0.1, -0.05) is 0 Å². The molecule has 118 valence electrons. The quantitative estimate of drug-likeness (QED) is 0.908. The van der Waals surface area contributed by atoms with Crippen LogP contribution in [0.3, 0.4) is 0 Å². The standard InChI is InChI=1S/C12H10F3N3O4/c1-7(10(19)20)21-11-16-6-18(17-11)8-2-4-9(5-3-8)22-12(13,14)15/h2-7H,1H3,(H,19,20). The molecule has 0 fully saturated rings. The normalized spacial score (nSPS) is 12.7. The summed E-state index contributed by atoms with van der Waals surface area (Å²) in [5, 5.41) is 12.6. The van der Waals surface area contributed by atoms with E-state index < -0.39 is 18.4 Å². The molecule has 1 aromatic heterocycles. The van der Waals surface area contributed by atoms with Gasteiger partial charge in [-0.2, -0.15) is 4.98 Å². The number of alkyl halides is 3. The van der Waals surface area contributed by atoms with Crippen molar-refractivity contribution in [1.82, 2.24) is 14.8 Å². The van der Waals surface area contributed by atoms with Crippen molar-refractivity contribution >= 4 is 5.97 Å². The Kier molecular flexibility index (Phi) is 4.20. The molecule has 0 aliphatic carbocycles. The molecule has 2 aromatic rings. The van der Waals surface area contributed by atoms with Crippen LogP contribution in [0.1, 0.15) is 6.92 Å². The number of benzene rings is 1. The number of aromatic nitrogens is 3. The van der Waals surface area contributed by atoms with E-state index in [0.29, 0.717) is 5.69 Å². The van der Waals surface area contributed by atoms with Gasteiger partial charge < -0.3 is 14.6 Å². The van der Waals surface area contributed by atoms with Crippen LogP contribution < -0.4 is 9.47 Å². The highest BCUT2D eigenvalue weighted by Gasteiger charge is 2.31. The summed E-state index contributed by atoms with van der Waals surface area (Å²) in [4.78, 5) is 14.4. The molecular formula is C12H10F3N3O4. The lowest BCUT2D eigenvalue weighted by Crippen LogP contribution is -2.23. The molecule has 1 atom stereocenters. The van der Waals surface area contributed by atoms with Crippen LogP contribution in [0.4, 0.5) is 13.2 Å². The van der Waals surface area contributed by atoms with Crippen molar-refractivity contribution in [1.29, 1.82) is 0 Å². The summed E-state index contributed by atoms with van der Waals surface area (Å²) in [5.41, 5.74) is 0.403. The zero-order valence-corrected chi connectivity index (χ0v) is 11.1. The maximum atomic E-state index is 12.0. The summed E-state index contributed by atoms with van der Waals surface area (Å²) >= 11 is 0. The summed E-state index contributed by atoms with van der Waals surface area (Å²) in [5.74, 6) is -1.54. The van der Waals surface area contributed by atoms with Crippen molar-refractivity contribution in [2.24, 2.45) is 0 Å². The fourth-order valence-corrected chi connectivity index (χ4v) is 1.44. The second kappa shape index (κ2) is 5.92. The van der Waals surface area contributed by atoms with E-state index in [0.717, 1.165) is 12.1 Å². The Morgan fingerprint density at radius 2 is 1.95 bits per heavy atom. The van der Waals surface area contributed by atoms with Gasteiger partial charge in [0, 0.05) is 0 Å². The van der Waals surface area contributed by atoms with Gasteiger partial charge >= 0.3 is 18.3 Å². The first-order valence-electron chi connectivity index (χ1n) is 5.92. The average Bonchev–Trinajstić information content (AvgIpc) is 2.86. The third-order valence-electron chi connectivity index (χ3n) is 2.44. The zero-order valence-electron chi connectivity index (χ0n) is 11.1. The molecule has 0 saturated heterocycles. The molecule has 1 aromatic carbocycles. The lowest BCUT2D eigenvalue weighted by Gasteiger charge is -2.09. The van der Waals surface area contributed by atoms with Crippen LogP contribution >= 0.6 is 0 Å². The van der Waals surface area contributed by atoms with E-state index >= 15 is 0 Å². The Balaban J connectivity index is 2.09. The molecule has 0 radical (unpaired) electrons. The van der Waals surface area contributed by atoms with Gasteiger partial charge in [0.25, 0.3) is 0 Å². The molecule has 0 aliphatic heterocycles. The second-order valence-electron chi connectivity index (χ2n) is 4.11. The van der Waals surface area contributed by atoms with Crippen LogP contribution in [0.2, 0.25) is 0 Å². The lowest BCUT2D eigenvalue weighted by atomic mass is 10.3. The Morgan fingerprint density at radius 3 is 2.50 bits per heavy atom. The molecule has 1 unspecified atom stereocenters. The summed E-state index contributed by atoms with van der Waals surface area (Å²) in [6, 6.07) is 4.74. The van der Waals surface area contributed by atoms with Gasteiger partial charge in [0.2, 0.25) is 0 Å². The molecule has 0 bridgehead atoms. The van der Waals surface area contributed by atoms with Crippen molar-refractivity contribution in [3.8, 4) is 17.4 Å². The Hall–Kier alpha value is -2.78. The summed E-state index contributed by atoms with van der Waals surface area (Å²) in [6.07, 6.45) is -4.65. The van der Waals surface area contributed by atoms with E-state index in [1.807, 2.05) is 0 Å².